The van der Waals surface area contributed by atoms with Crippen LogP contribution in [0, 0.1) is 17.0 Å². The Labute approximate surface area is 154 Å². The molecule has 0 saturated heterocycles. The Kier molecular flexibility index (Phi) is 5.04. The number of hydrogen-bond acceptors (Lipinski definition) is 4. The van der Waals surface area contributed by atoms with Crippen LogP contribution in [-0.4, -0.2) is 10.8 Å². The Balaban J connectivity index is 1.72. The Morgan fingerprint density at radius 2 is 1.88 bits per heavy atom. The van der Waals surface area contributed by atoms with Crippen LogP contribution < -0.4 is 5.32 Å². The maximum absolute atomic E-state index is 12.2. The topological polar surface area (TPSA) is 85.4 Å². The molecule has 0 atom stereocenters. The van der Waals surface area contributed by atoms with Crippen LogP contribution in [0.15, 0.2) is 59.0 Å². The van der Waals surface area contributed by atoms with Crippen LogP contribution in [0.3, 0.4) is 0 Å². The minimum Gasteiger partial charge on any atom is -0.451 e. The minimum atomic E-state index is -0.526. The summed E-state index contributed by atoms with van der Waals surface area (Å²) in [5.74, 6) is 0.154. The first kappa shape index (κ1) is 17.7. The molecule has 0 bridgehead atoms. The van der Waals surface area contributed by atoms with Gasteiger partial charge in [-0.05, 0) is 30.7 Å². The van der Waals surface area contributed by atoms with Crippen molar-refractivity contribution in [2.75, 3.05) is 0 Å². The third-order valence-corrected chi connectivity index (χ3v) is 4.15. The zero-order chi connectivity index (χ0) is 18.7. The number of halogens is 1. The van der Waals surface area contributed by atoms with E-state index in [0.717, 1.165) is 11.1 Å². The number of nitro groups is 1. The first-order chi connectivity index (χ1) is 12.4. The predicted molar refractivity (Wildman–Crippen MR) is 98.2 cm³/mol. The normalized spacial score (nSPS) is 10.5. The molecule has 0 fully saturated rings. The molecule has 0 aliphatic heterocycles. The van der Waals surface area contributed by atoms with Crippen molar-refractivity contribution in [3.8, 4) is 11.3 Å². The summed E-state index contributed by atoms with van der Waals surface area (Å²) in [6.07, 6.45) is 0. The van der Waals surface area contributed by atoms with Crippen molar-refractivity contribution in [1.29, 1.82) is 0 Å². The van der Waals surface area contributed by atoms with E-state index in [0.29, 0.717) is 17.9 Å². The van der Waals surface area contributed by atoms with E-state index >= 15 is 0 Å². The van der Waals surface area contributed by atoms with E-state index < -0.39 is 4.92 Å². The predicted octanol–water partition coefficient (Wildman–Crippen LogP) is 4.75. The van der Waals surface area contributed by atoms with Gasteiger partial charge in [-0.1, -0.05) is 41.4 Å². The van der Waals surface area contributed by atoms with Crippen molar-refractivity contribution >= 4 is 23.2 Å². The van der Waals surface area contributed by atoms with Crippen molar-refractivity contribution in [3.63, 3.8) is 0 Å². The smallest absolute Gasteiger partial charge is 0.287 e. The number of amides is 1. The Bertz CT molecular complexity index is 964. The van der Waals surface area contributed by atoms with Crippen molar-refractivity contribution in [2.24, 2.45) is 0 Å². The highest BCUT2D eigenvalue weighted by Crippen LogP contribution is 2.32. The fourth-order valence-electron chi connectivity index (χ4n) is 2.40. The van der Waals surface area contributed by atoms with Crippen LogP contribution in [0.2, 0.25) is 5.02 Å². The molecule has 132 valence electrons. The Morgan fingerprint density at radius 1 is 1.15 bits per heavy atom. The van der Waals surface area contributed by atoms with Gasteiger partial charge in [0.2, 0.25) is 0 Å². The highest BCUT2D eigenvalue weighted by Gasteiger charge is 2.16. The molecular weight excluding hydrogens is 356 g/mol. The highest BCUT2D eigenvalue weighted by atomic mass is 35.5. The molecule has 1 amide bonds. The summed E-state index contributed by atoms with van der Waals surface area (Å²) in [5, 5.41) is 13.7. The molecule has 2 aromatic carbocycles. The lowest BCUT2D eigenvalue weighted by Gasteiger charge is -2.04. The molecule has 1 aromatic heterocycles. The van der Waals surface area contributed by atoms with Crippen LogP contribution in [0.4, 0.5) is 5.69 Å². The molecule has 0 aliphatic rings. The van der Waals surface area contributed by atoms with Crippen LogP contribution in [0.1, 0.15) is 21.7 Å². The molecule has 0 radical (unpaired) electrons. The van der Waals surface area contributed by atoms with Gasteiger partial charge in [-0.15, -0.1) is 0 Å². The summed E-state index contributed by atoms with van der Waals surface area (Å²) in [6, 6.07) is 15.1. The number of nitrogens with zero attached hydrogens (tertiary/aromatic N) is 1. The van der Waals surface area contributed by atoms with Crippen molar-refractivity contribution < 1.29 is 14.1 Å². The van der Waals surface area contributed by atoms with E-state index in [1.165, 1.54) is 24.3 Å². The molecule has 26 heavy (non-hydrogen) atoms. The molecule has 0 aliphatic carbocycles. The molecular formula is C19H15ClN2O4. The maximum atomic E-state index is 12.2. The largest absolute Gasteiger partial charge is 0.451 e. The van der Waals surface area contributed by atoms with E-state index in [-0.39, 0.29) is 22.4 Å². The standard InChI is InChI=1S/C19H15ClN2O4/c1-12-2-4-13(5-3-12)11-21-19(23)18-9-8-17(26-18)15-7-6-14(22(24)25)10-16(15)20/h2-10H,11H2,1H3,(H,21,23). The van der Waals surface area contributed by atoms with Crippen LogP contribution in [-0.2, 0) is 6.54 Å². The van der Waals surface area contributed by atoms with Gasteiger partial charge in [0.25, 0.3) is 11.6 Å². The van der Waals surface area contributed by atoms with Crippen molar-refractivity contribution in [2.45, 2.75) is 13.5 Å². The average Bonchev–Trinajstić information content (AvgIpc) is 3.10. The number of furan rings is 1. The number of carbonyl (C=O) groups is 1. The molecule has 1 N–H and O–H groups in total. The lowest BCUT2D eigenvalue weighted by Crippen LogP contribution is -2.22. The number of non-ortho nitro benzene ring substituents is 1. The first-order valence-electron chi connectivity index (χ1n) is 7.82. The van der Waals surface area contributed by atoms with Gasteiger partial charge < -0.3 is 9.73 Å². The molecule has 6 nitrogen and oxygen atoms in total. The van der Waals surface area contributed by atoms with Gasteiger partial charge in [0.15, 0.2) is 5.76 Å². The first-order valence-corrected chi connectivity index (χ1v) is 8.20. The second-order valence-electron chi connectivity index (χ2n) is 5.75. The zero-order valence-electron chi connectivity index (χ0n) is 13.9. The number of carbonyl (C=O) groups excluding carboxylic acids is 1. The van der Waals surface area contributed by atoms with E-state index in [1.807, 2.05) is 31.2 Å². The number of benzene rings is 2. The lowest BCUT2D eigenvalue weighted by molar-refractivity contribution is -0.384. The molecule has 1 heterocycles. The Morgan fingerprint density at radius 3 is 2.54 bits per heavy atom. The fraction of sp³-hybridized carbons (Fsp3) is 0.105. The van der Waals surface area contributed by atoms with Gasteiger partial charge in [-0.25, -0.2) is 0 Å². The van der Waals surface area contributed by atoms with E-state index in [9.17, 15) is 14.9 Å². The van der Waals surface area contributed by atoms with Gasteiger partial charge in [-0.3, -0.25) is 14.9 Å². The lowest BCUT2D eigenvalue weighted by atomic mass is 10.1. The number of hydrogen-bond donors (Lipinski definition) is 1. The van der Waals surface area contributed by atoms with Gasteiger partial charge in [0.1, 0.15) is 5.76 Å². The summed E-state index contributed by atoms with van der Waals surface area (Å²) in [7, 11) is 0. The summed E-state index contributed by atoms with van der Waals surface area (Å²) in [4.78, 5) is 22.5. The molecule has 0 unspecified atom stereocenters. The number of aryl methyl sites for hydroxylation is 1. The van der Waals surface area contributed by atoms with E-state index in [2.05, 4.69) is 5.32 Å². The van der Waals surface area contributed by atoms with E-state index in [1.54, 1.807) is 6.07 Å². The average molecular weight is 371 g/mol. The molecule has 0 saturated carbocycles. The third-order valence-electron chi connectivity index (χ3n) is 3.83. The van der Waals surface area contributed by atoms with Crippen molar-refractivity contribution in [1.82, 2.24) is 5.32 Å². The summed E-state index contributed by atoms with van der Waals surface area (Å²) >= 11 is 6.09. The molecule has 7 heteroatoms. The number of nitro benzene ring substituents is 1. The summed E-state index contributed by atoms with van der Waals surface area (Å²) in [5.41, 5.74) is 2.50. The molecule has 0 spiro atoms. The van der Waals surface area contributed by atoms with E-state index in [4.69, 9.17) is 16.0 Å². The van der Waals surface area contributed by atoms with Crippen LogP contribution in [0.5, 0.6) is 0 Å². The van der Waals surface area contributed by atoms with Crippen LogP contribution >= 0.6 is 11.6 Å². The summed E-state index contributed by atoms with van der Waals surface area (Å²) in [6.45, 7) is 2.38. The second-order valence-corrected chi connectivity index (χ2v) is 6.16. The van der Waals surface area contributed by atoms with Crippen LogP contribution in [0.25, 0.3) is 11.3 Å². The van der Waals surface area contributed by atoms with Gasteiger partial charge >= 0.3 is 0 Å². The van der Waals surface area contributed by atoms with Gasteiger partial charge in [0.05, 0.1) is 9.95 Å². The quantitative estimate of drug-likeness (QED) is 0.519. The van der Waals surface area contributed by atoms with Gasteiger partial charge in [0, 0.05) is 24.2 Å². The van der Waals surface area contributed by atoms with Gasteiger partial charge in [-0.2, -0.15) is 0 Å². The molecule has 3 aromatic rings. The maximum Gasteiger partial charge on any atom is 0.287 e. The number of rotatable bonds is 5. The fourth-order valence-corrected chi connectivity index (χ4v) is 2.67. The molecule has 3 rings (SSSR count). The van der Waals surface area contributed by atoms with Crippen molar-refractivity contribution in [3.05, 3.63) is 86.6 Å². The SMILES string of the molecule is Cc1ccc(CNC(=O)c2ccc(-c3ccc([N+](=O)[O-])cc3Cl)o2)cc1. The number of nitrogens with one attached hydrogen (secondary N) is 1. The zero-order valence-corrected chi connectivity index (χ0v) is 14.6. The minimum absolute atomic E-state index is 0.110. The monoisotopic (exact) mass is 370 g/mol. The third kappa shape index (κ3) is 3.92. The highest BCUT2D eigenvalue weighted by molar-refractivity contribution is 6.33. The Hall–Kier alpha value is -3.12. The summed E-state index contributed by atoms with van der Waals surface area (Å²) < 4.78 is 5.55. The second kappa shape index (κ2) is 7.41.